The Hall–Kier alpha value is -0.750. The first-order valence-corrected chi connectivity index (χ1v) is 2.85. The van der Waals surface area contributed by atoms with Crippen molar-refractivity contribution in [2.24, 2.45) is 5.73 Å². The molecule has 0 rings (SSSR count). The second-order valence-corrected chi connectivity index (χ2v) is 2.18. The lowest BCUT2D eigenvalue weighted by Crippen LogP contribution is -2.46. The third kappa shape index (κ3) is 2.77. The average molecular weight is 169 g/mol. The Bertz CT molecular complexity index is 153. The fourth-order valence-electron chi connectivity index (χ4n) is 0.500. The van der Waals surface area contributed by atoms with Gasteiger partial charge < -0.3 is 15.9 Å². The maximum absolute atomic E-state index is 11.9. The molecule has 66 valence electrons. The molecule has 0 saturated heterocycles. The summed E-state index contributed by atoms with van der Waals surface area (Å²) in [5.41, 5.74) is 2.17. The second-order valence-electron chi connectivity index (χ2n) is 2.18. The van der Waals surface area contributed by atoms with Crippen LogP contribution in [0.5, 0.6) is 0 Å². The Kier molecular flexibility index (Phi) is 3.34. The molecule has 11 heavy (non-hydrogen) atoms. The summed E-state index contributed by atoms with van der Waals surface area (Å²) >= 11 is 0. The molecule has 0 unspecified atom stereocenters. The van der Waals surface area contributed by atoms with E-state index >= 15 is 0 Å². The number of aliphatic carboxylic acids is 1. The highest BCUT2D eigenvalue weighted by Crippen LogP contribution is 2.18. The summed E-state index contributed by atoms with van der Waals surface area (Å²) in [4.78, 5) is 9.93. The molecule has 0 aliphatic rings. The minimum Gasteiger partial charge on any atom is -0.481 e. The van der Waals surface area contributed by atoms with E-state index in [1.165, 1.54) is 0 Å². The van der Waals surface area contributed by atoms with Crippen molar-refractivity contribution in [3.8, 4) is 0 Å². The summed E-state index contributed by atoms with van der Waals surface area (Å²) < 4.78 is 23.7. The molecule has 0 spiro atoms. The molecular weight excluding hydrogens is 160 g/mol. The molecule has 0 aromatic carbocycles. The topological polar surface area (TPSA) is 83.5 Å². The molecule has 0 saturated carbocycles. The quantitative estimate of drug-likeness (QED) is 0.525. The predicted molar refractivity (Wildman–Crippen MR) is 32.3 cm³/mol. The van der Waals surface area contributed by atoms with Gasteiger partial charge in [0.1, 0.15) is 5.60 Å². The molecule has 0 amide bonds. The number of carbonyl (C=O) groups is 1. The van der Waals surface area contributed by atoms with Gasteiger partial charge in [-0.05, 0) is 0 Å². The van der Waals surface area contributed by atoms with Gasteiger partial charge in [0.15, 0.2) is 0 Å². The summed E-state index contributed by atoms with van der Waals surface area (Å²) in [6, 6.07) is 0. The van der Waals surface area contributed by atoms with E-state index in [0.29, 0.717) is 0 Å². The number of nitrogens with two attached hydrogens (primary N) is 1. The fourth-order valence-corrected chi connectivity index (χ4v) is 0.500. The smallest absolute Gasteiger partial charge is 0.306 e. The lowest BCUT2D eigenvalue weighted by molar-refractivity contribution is -0.151. The molecule has 6 heteroatoms. The van der Waals surface area contributed by atoms with Crippen LogP contribution >= 0.6 is 0 Å². The molecular formula is C5H9F2NO3. The van der Waals surface area contributed by atoms with Gasteiger partial charge in [-0.1, -0.05) is 0 Å². The molecule has 4 nitrogen and oxygen atoms in total. The summed E-state index contributed by atoms with van der Waals surface area (Å²) in [6.07, 6.45) is -4.18. The van der Waals surface area contributed by atoms with Crippen LogP contribution in [0.15, 0.2) is 0 Å². The molecule has 0 fully saturated rings. The molecule has 0 radical (unpaired) electrons. The standard InChI is InChI=1S/C5H9F2NO3/c6-4(7)5(11,2-8)1-3(9)10/h4,11H,1-2,8H2,(H,9,10)/t5-/m1/s1. The van der Waals surface area contributed by atoms with Crippen molar-refractivity contribution in [3.63, 3.8) is 0 Å². The predicted octanol–water partition coefficient (Wildman–Crippen LogP) is -0.584. The summed E-state index contributed by atoms with van der Waals surface area (Å²) in [5, 5.41) is 16.9. The Morgan fingerprint density at radius 3 is 2.18 bits per heavy atom. The third-order valence-corrected chi connectivity index (χ3v) is 1.22. The Labute approximate surface area is 61.6 Å². The van der Waals surface area contributed by atoms with Crippen LogP contribution in [-0.2, 0) is 4.79 Å². The number of carboxylic acid groups (broad SMARTS) is 1. The number of hydrogen-bond donors (Lipinski definition) is 3. The van der Waals surface area contributed by atoms with Crippen LogP contribution in [-0.4, -0.2) is 34.8 Å². The molecule has 0 aromatic rings. The molecule has 0 bridgehead atoms. The van der Waals surface area contributed by atoms with Crippen LogP contribution in [0.4, 0.5) is 8.78 Å². The maximum Gasteiger partial charge on any atom is 0.306 e. The van der Waals surface area contributed by atoms with Gasteiger partial charge in [-0.3, -0.25) is 4.79 Å². The van der Waals surface area contributed by atoms with E-state index in [4.69, 9.17) is 15.9 Å². The lowest BCUT2D eigenvalue weighted by atomic mass is 10.0. The van der Waals surface area contributed by atoms with E-state index in [-0.39, 0.29) is 0 Å². The van der Waals surface area contributed by atoms with Crippen LogP contribution in [0.3, 0.4) is 0 Å². The SMILES string of the molecule is NC[C@](O)(CC(=O)O)C(F)F. The van der Waals surface area contributed by atoms with Crippen molar-refractivity contribution in [2.75, 3.05) is 6.54 Å². The molecule has 0 aliphatic carbocycles. The number of rotatable bonds is 4. The molecule has 0 aliphatic heterocycles. The molecule has 0 aromatic heterocycles. The largest absolute Gasteiger partial charge is 0.481 e. The van der Waals surface area contributed by atoms with Crippen molar-refractivity contribution < 1.29 is 23.8 Å². The fraction of sp³-hybridized carbons (Fsp3) is 0.800. The number of carboxylic acids is 1. The van der Waals surface area contributed by atoms with E-state index in [9.17, 15) is 13.6 Å². The van der Waals surface area contributed by atoms with Gasteiger partial charge in [-0.25, -0.2) is 8.78 Å². The monoisotopic (exact) mass is 169 g/mol. The zero-order valence-electron chi connectivity index (χ0n) is 5.63. The zero-order valence-corrected chi connectivity index (χ0v) is 5.63. The normalized spacial score (nSPS) is 16.5. The van der Waals surface area contributed by atoms with Crippen molar-refractivity contribution in [2.45, 2.75) is 18.4 Å². The van der Waals surface area contributed by atoms with Crippen molar-refractivity contribution in [1.29, 1.82) is 0 Å². The number of hydrogen-bond acceptors (Lipinski definition) is 3. The lowest BCUT2D eigenvalue weighted by Gasteiger charge is -2.22. The molecule has 1 atom stereocenters. The maximum atomic E-state index is 11.9. The van der Waals surface area contributed by atoms with Gasteiger partial charge in [0.2, 0.25) is 0 Å². The average Bonchev–Trinajstić information content (AvgIpc) is 1.86. The molecule has 4 N–H and O–H groups in total. The minimum atomic E-state index is -3.14. The summed E-state index contributed by atoms with van der Waals surface area (Å²) in [7, 11) is 0. The van der Waals surface area contributed by atoms with Crippen molar-refractivity contribution in [3.05, 3.63) is 0 Å². The van der Waals surface area contributed by atoms with Gasteiger partial charge >= 0.3 is 5.97 Å². The summed E-state index contributed by atoms with van der Waals surface area (Å²) in [5.74, 6) is -1.50. The first-order chi connectivity index (χ1) is 4.92. The van der Waals surface area contributed by atoms with Crippen LogP contribution in [0.2, 0.25) is 0 Å². The van der Waals surface area contributed by atoms with Crippen LogP contribution in [0.1, 0.15) is 6.42 Å². The highest BCUT2D eigenvalue weighted by atomic mass is 19.3. The van der Waals surface area contributed by atoms with E-state index < -0.39 is 31.0 Å². The van der Waals surface area contributed by atoms with Gasteiger partial charge in [-0.2, -0.15) is 0 Å². The third-order valence-electron chi connectivity index (χ3n) is 1.22. The Morgan fingerprint density at radius 1 is 1.64 bits per heavy atom. The number of aliphatic hydroxyl groups is 1. The van der Waals surface area contributed by atoms with E-state index in [1.54, 1.807) is 0 Å². The van der Waals surface area contributed by atoms with Gasteiger partial charge in [0.25, 0.3) is 6.43 Å². The zero-order chi connectivity index (χ0) is 9.07. The van der Waals surface area contributed by atoms with Crippen molar-refractivity contribution >= 4 is 5.97 Å². The summed E-state index contributed by atoms with van der Waals surface area (Å²) in [6.45, 7) is -0.767. The van der Waals surface area contributed by atoms with Crippen LogP contribution < -0.4 is 5.73 Å². The van der Waals surface area contributed by atoms with Crippen molar-refractivity contribution in [1.82, 2.24) is 0 Å². The highest BCUT2D eigenvalue weighted by molar-refractivity contribution is 5.68. The van der Waals surface area contributed by atoms with Crippen LogP contribution in [0, 0.1) is 0 Å². The first-order valence-electron chi connectivity index (χ1n) is 2.85. The number of alkyl halides is 2. The highest BCUT2D eigenvalue weighted by Gasteiger charge is 2.38. The van der Waals surface area contributed by atoms with E-state index in [0.717, 1.165) is 0 Å². The number of halogens is 2. The Morgan fingerprint density at radius 2 is 2.09 bits per heavy atom. The minimum absolute atomic E-state index is 0.767. The first kappa shape index (κ1) is 10.2. The van der Waals surface area contributed by atoms with Gasteiger partial charge in [0, 0.05) is 6.54 Å². The second kappa shape index (κ2) is 3.59. The van der Waals surface area contributed by atoms with Crippen LogP contribution in [0.25, 0.3) is 0 Å². The van der Waals surface area contributed by atoms with Gasteiger partial charge in [0.05, 0.1) is 6.42 Å². The molecule has 0 heterocycles. The Balaban J connectivity index is 4.22. The van der Waals surface area contributed by atoms with E-state index in [2.05, 4.69) is 0 Å². The van der Waals surface area contributed by atoms with E-state index in [1.807, 2.05) is 0 Å². The van der Waals surface area contributed by atoms with Gasteiger partial charge in [-0.15, -0.1) is 0 Å².